The Bertz CT molecular complexity index is 84.8. The van der Waals surface area contributed by atoms with Crippen molar-refractivity contribution in [3.63, 3.8) is 0 Å². The van der Waals surface area contributed by atoms with E-state index in [0.29, 0.717) is 0 Å². The van der Waals surface area contributed by atoms with Crippen LogP contribution in [-0.4, -0.2) is 29.3 Å². The Balaban J connectivity index is 0.000000271. The van der Waals surface area contributed by atoms with Gasteiger partial charge in [0, 0.05) is 21.3 Å². The van der Waals surface area contributed by atoms with Crippen LogP contribution >= 0.6 is 12.1 Å². The maximum Gasteiger partial charge on any atom is 0.569 e. The van der Waals surface area contributed by atoms with Gasteiger partial charge < -0.3 is 13.3 Å². The molecule has 0 spiro atoms. The molecule has 5 heteroatoms. The summed E-state index contributed by atoms with van der Waals surface area (Å²) in [6.07, 6.45) is 4.50. The van der Waals surface area contributed by atoms with E-state index in [1.807, 2.05) is 0 Å². The minimum absolute atomic E-state index is 1.50. The first-order chi connectivity index (χ1) is 5.18. The van der Waals surface area contributed by atoms with Crippen molar-refractivity contribution in [1.29, 1.82) is 0 Å². The predicted octanol–water partition coefficient (Wildman–Crippen LogP) is 1.46. The summed E-state index contributed by atoms with van der Waals surface area (Å²) in [4.78, 5) is 0. The van der Waals surface area contributed by atoms with Crippen molar-refractivity contribution in [3.05, 3.63) is 0 Å². The van der Waals surface area contributed by atoms with Crippen molar-refractivity contribution in [2.45, 2.75) is 19.3 Å². The van der Waals surface area contributed by atoms with Crippen LogP contribution < -0.4 is 0 Å². The molecule has 0 unspecified atom stereocenters. The lowest BCUT2D eigenvalue weighted by Crippen LogP contribution is -2.36. The maximum atomic E-state index is 4.79. The summed E-state index contributed by atoms with van der Waals surface area (Å²) in [6, 6.07) is 0. The Labute approximate surface area is 74.5 Å². The predicted molar refractivity (Wildman–Crippen MR) is 49.6 cm³/mol. The molecule has 1 aliphatic carbocycles. The van der Waals surface area contributed by atoms with Gasteiger partial charge in [0.15, 0.2) is 0 Å². The fourth-order valence-electron chi connectivity index (χ4n) is 0.250. The van der Waals surface area contributed by atoms with E-state index in [2.05, 4.69) is 12.1 Å². The molecule has 0 aromatic rings. The molecule has 1 rings (SSSR count). The number of hydrogen-bond donors (Lipinski definition) is 1. The molecule has 0 aliphatic heterocycles. The molecule has 1 fully saturated rings. The van der Waals surface area contributed by atoms with Crippen LogP contribution in [0.1, 0.15) is 19.3 Å². The van der Waals surface area contributed by atoms with Gasteiger partial charge in [0.2, 0.25) is 0 Å². The van der Waals surface area contributed by atoms with Crippen LogP contribution in [0, 0.1) is 0 Å². The zero-order chi connectivity index (χ0) is 8.74. The van der Waals surface area contributed by atoms with Crippen molar-refractivity contribution in [1.82, 2.24) is 0 Å². The highest BCUT2D eigenvalue weighted by molar-refractivity contribution is 8.11. The lowest BCUT2D eigenvalue weighted by atomic mass is 11.0. The van der Waals surface area contributed by atoms with E-state index < -0.39 is 7.95 Å². The van der Waals surface area contributed by atoms with E-state index >= 15 is 0 Å². The van der Waals surface area contributed by atoms with E-state index in [4.69, 9.17) is 13.3 Å². The molecule has 0 radical (unpaired) electrons. The summed E-state index contributed by atoms with van der Waals surface area (Å²) in [7, 11) is 2.04. The number of thiol groups is 1. The molecule has 0 amide bonds. The van der Waals surface area contributed by atoms with E-state index in [9.17, 15) is 0 Å². The fraction of sp³-hybridized carbons (Fsp3) is 1.00. The smallest absolute Gasteiger partial charge is 0.369 e. The third-order valence-electron chi connectivity index (χ3n) is 1.13. The van der Waals surface area contributed by atoms with Gasteiger partial charge in [0.25, 0.3) is 0 Å². The van der Waals surface area contributed by atoms with E-state index in [-0.39, 0.29) is 0 Å². The van der Waals surface area contributed by atoms with Crippen LogP contribution in [0.5, 0.6) is 0 Å². The molecule has 0 aromatic carbocycles. The van der Waals surface area contributed by atoms with Gasteiger partial charge >= 0.3 is 7.95 Å². The van der Waals surface area contributed by atoms with E-state index in [0.717, 1.165) is 0 Å². The lowest BCUT2D eigenvalue weighted by Gasteiger charge is -2.16. The molecule has 3 nitrogen and oxygen atoms in total. The zero-order valence-corrected chi connectivity index (χ0v) is 9.19. The molecule has 68 valence electrons. The number of rotatable bonds is 3. The third-order valence-corrected chi connectivity index (χ3v) is 4.32. The average Bonchev–Trinajstić information content (AvgIpc) is 2.89. The molecular formula is C6H16O3SSi. The molecule has 0 atom stereocenters. The van der Waals surface area contributed by atoms with Crippen LogP contribution in [0.4, 0.5) is 0 Å². The molecule has 11 heavy (non-hydrogen) atoms. The van der Waals surface area contributed by atoms with Gasteiger partial charge in [-0.1, -0.05) is 19.3 Å². The molecule has 0 bridgehead atoms. The second kappa shape index (κ2) is 6.02. The van der Waals surface area contributed by atoms with Gasteiger partial charge in [-0.15, -0.1) is 12.1 Å². The van der Waals surface area contributed by atoms with E-state index in [1.54, 1.807) is 0 Å². The first-order valence-electron chi connectivity index (χ1n) is 3.56. The largest absolute Gasteiger partial charge is 0.569 e. The summed E-state index contributed by atoms with van der Waals surface area (Å²) < 4.78 is 14.4. The zero-order valence-electron chi connectivity index (χ0n) is 7.29. The van der Waals surface area contributed by atoms with Crippen molar-refractivity contribution in [3.8, 4) is 0 Å². The standard InChI is InChI=1S/C3H10O3SSi.C3H6/c1-4-8(7,5-2)6-3;1-2-3-1/h7H,1-3H3;1-3H2. The van der Waals surface area contributed by atoms with Gasteiger partial charge in [-0.3, -0.25) is 0 Å². The first kappa shape index (κ1) is 11.4. The molecular weight excluding hydrogens is 180 g/mol. The quantitative estimate of drug-likeness (QED) is 0.547. The molecule has 0 N–H and O–H groups in total. The van der Waals surface area contributed by atoms with Crippen molar-refractivity contribution in [2.24, 2.45) is 0 Å². The Morgan fingerprint density at radius 2 is 1.18 bits per heavy atom. The average molecular weight is 196 g/mol. The van der Waals surface area contributed by atoms with Crippen molar-refractivity contribution < 1.29 is 13.3 Å². The lowest BCUT2D eigenvalue weighted by molar-refractivity contribution is 0.153. The second-order valence-corrected chi connectivity index (χ2v) is 6.11. The molecule has 0 saturated heterocycles. The van der Waals surface area contributed by atoms with Gasteiger partial charge in [-0.05, 0) is 0 Å². The summed E-state index contributed by atoms with van der Waals surface area (Å²) >= 11 is 3.99. The Morgan fingerprint density at radius 3 is 1.18 bits per heavy atom. The summed E-state index contributed by atoms with van der Waals surface area (Å²) in [5.74, 6) is 0. The topological polar surface area (TPSA) is 27.7 Å². The van der Waals surface area contributed by atoms with Gasteiger partial charge in [0.05, 0.1) is 0 Å². The third kappa shape index (κ3) is 6.83. The van der Waals surface area contributed by atoms with Gasteiger partial charge in [-0.25, -0.2) is 0 Å². The van der Waals surface area contributed by atoms with Crippen molar-refractivity contribution in [2.75, 3.05) is 21.3 Å². The van der Waals surface area contributed by atoms with Crippen LogP contribution in [0.2, 0.25) is 0 Å². The first-order valence-corrected chi connectivity index (χ1v) is 6.57. The van der Waals surface area contributed by atoms with Crippen LogP contribution in [0.15, 0.2) is 0 Å². The highest BCUT2D eigenvalue weighted by Gasteiger charge is 2.32. The van der Waals surface area contributed by atoms with Gasteiger partial charge in [-0.2, -0.15) is 0 Å². The van der Waals surface area contributed by atoms with Crippen molar-refractivity contribution >= 4 is 20.0 Å². The Morgan fingerprint density at radius 1 is 0.909 bits per heavy atom. The number of hydrogen-bond acceptors (Lipinski definition) is 4. The van der Waals surface area contributed by atoms with Gasteiger partial charge in [0.1, 0.15) is 0 Å². The molecule has 0 aromatic heterocycles. The summed E-state index contributed by atoms with van der Waals surface area (Å²) in [5, 5.41) is 0. The fourth-order valence-corrected chi connectivity index (χ4v) is 0.750. The highest BCUT2D eigenvalue weighted by Crippen LogP contribution is 2.14. The second-order valence-electron chi connectivity index (χ2n) is 2.20. The molecule has 0 heterocycles. The molecule has 1 saturated carbocycles. The maximum absolute atomic E-state index is 4.79. The van der Waals surface area contributed by atoms with E-state index in [1.165, 1.54) is 40.6 Å². The normalized spacial score (nSPS) is 15.3. The summed E-state index contributed by atoms with van der Waals surface area (Å²) in [5.41, 5.74) is 0. The molecule has 1 aliphatic rings. The Kier molecular flexibility index (Phi) is 6.26. The van der Waals surface area contributed by atoms with Crippen LogP contribution in [0.3, 0.4) is 0 Å². The van der Waals surface area contributed by atoms with Crippen LogP contribution in [0.25, 0.3) is 0 Å². The SMILES string of the molecule is C1CC1.CO[Si](S)(OC)OC. The Hall–Kier alpha value is 0.447. The highest BCUT2D eigenvalue weighted by atomic mass is 32.3. The summed E-state index contributed by atoms with van der Waals surface area (Å²) in [6.45, 7) is 0. The van der Waals surface area contributed by atoms with Crippen LogP contribution in [-0.2, 0) is 13.3 Å². The monoisotopic (exact) mass is 196 g/mol. The minimum Gasteiger partial charge on any atom is -0.369 e. The minimum atomic E-state index is -2.48.